The number of unbranched alkanes of at least 4 members (excludes halogenated alkanes) is 1. The fraction of sp³-hybridized carbons (Fsp3) is 0.696. The van der Waals surface area contributed by atoms with E-state index >= 15 is 0 Å². The number of benzene rings is 1. The van der Waals surface area contributed by atoms with Gasteiger partial charge in [-0.3, -0.25) is 4.99 Å². The Labute approximate surface area is 194 Å². The van der Waals surface area contributed by atoms with Crippen LogP contribution in [0.1, 0.15) is 45.1 Å². The summed E-state index contributed by atoms with van der Waals surface area (Å²) >= 11 is 0. The molecule has 29 heavy (non-hydrogen) atoms. The number of rotatable bonds is 10. The first-order chi connectivity index (χ1) is 13.8. The Hall–Kier alpha value is -0.860. The number of aliphatic imine (C=N–C) groups is 1. The highest BCUT2D eigenvalue weighted by molar-refractivity contribution is 14.0. The second-order valence-electron chi connectivity index (χ2n) is 8.25. The average molecular weight is 514 g/mol. The molecule has 0 spiro atoms. The quantitative estimate of drug-likeness (QED) is 0.218. The second kappa shape index (κ2) is 12.7. The Balaban J connectivity index is 0.00000300. The fourth-order valence-electron chi connectivity index (χ4n) is 4.05. The van der Waals surface area contributed by atoms with Crippen LogP contribution in [0.4, 0.5) is 0 Å². The van der Waals surface area contributed by atoms with Crippen molar-refractivity contribution in [2.24, 2.45) is 4.99 Å². The summed E-state index contributed by atoms with van der Waals surface area (Å²) in [4.78, 5) is 10.1. The number of likely N-dealkylation sites (N-methyl/N-ethyl adjacent to an activating group) is 1. The molecule has 1 saturated carbocycles. The first-order valence-corrected chi connectivity index (χ1v) is 11.3. The fourth-order valence-corrected chi connectivity index (χ4v) is 4.05. The molecule has 1 heterocycles. The molecule has 164 valence electrons. The SMILES string of the molecule is CCNC(=NCC1(c2ccccc2)CC1)NCCCCN1CCN(CC)CC1.I. The molecule has 5 nitrogen and oxygen atoms in total. The van der Waals surface area contributed by atoms with Crippen LogP contribution in [-0.4, -0.2) is 74.7 Å². The van der Waals surface area contributed by atoms with Crippen LogP contribution in [0.15, 0.2) is 35.3 Å². The number of hydrogen-bond donors (Lipinski definition) is 2. The topological polar surface area (TPSA) is 42.9 Å². The number of guanidine groups is 1. The zero-order valence-corrected chi connectivity index (χ0v) is 20.7. The van der Waals surface area contributed by atoms with Crippen molar-refractivity contribution in [1.82, 2.24) is 20.4 Å². The summed E-state index contributed by atoms with van der Waals surface area (Å²) in [5.74, 6) is 0.973. The summed E-state index contributed by atoms with van der Waals surface area (Å²) in [6.45, 7) is 14.5. The Morgan fingerprint density at radius 2 is 1.66 bits per heavy atom. The van der Waals surface area contributed by atoms with Crippen LogP contribution < -0.4 is 10.6 Å². The molecule has 0 aromatic heterocycles. The first-order valence-electron chi connectivity index (χ1n) is 11.3. The molecule has 1 aromatic rings. The van der Waals surface area contributed by atoms with Gasteiger partial charge in [-0.15, -0.1) is 24.0 Å². The second-order valence-corrected chi connectivity index (χ2v) is 8.25. The smallest absolute Gasteiger partial charge is 0.191 e. The van der Waals surface area contributed by atoms with E-state index in [1.165, 1.54) is 70.5 Å². The lowest BCUT2D eigenvalue weighted by molar-refractivity contribution is 0.136. The number of nitrogens with zero attached hydrogens (tertiary/aromatic N) is 3. The third-order valence-electron chi connectivity index (χ3n) is 6.23. The van der Waals surface area contributed by atoms with Gasteiger partial charge in [-0.1, -0.05) is 37.3 Å². The standard InChI is InChI=1S/C23H39N5.HI/c1-3-24-22(26-20-23(12-13-23)21-10-6-5-7-11-21)25-14-8-9-15-28-18-16-27(4-2)17-19-28;/h5-7,10-11H,3-4,8-9,12-20H2,1-2H3,(H2,24,25,26);1H. The van der Waals surface area contributed by atoms with Crippen molar-refractivity contribution in [3.05, 3.63) is 35.9 Å². The lowest BCUT2D eigenvalue weighted by Crippen LogP contribution is -2.46. The number of halogens is 1. The van der Waals surface area contributed by atoms with Gasteiger partial charge in [-0.25, -0.2) is 0 Å². The average Bonchev–Trinajstić information content (AvgIpc) is 3.54. The zero-order valence-electron chi connectivity index (χ0n) is 18.3. The van der Waals surface area contributed by atoms with Gasteiger partial charge in [-0.05, 0) is 51.3 Å². The molecule has 3 rings (SSSR count). The van der Waals surface area contributed by atoms with Crippen LogP contribution in [0.3, 0.4) is 0 Å². The van der Waals surface area contributed by atoms with Gasteiger partial charge in [-0.2, -0.15) is 0 Å². The minimum absolute atomic E-state index is 0. The van der Waals surface area contributed by atoms with Gasteiger partial charge in [0, 0.05) is 44.7 Å². The third-order valence-corrected chi connectivity index (χ3v) is 6.23. The minimum Gasteiger partial charge on any atom is -0.357 e. The molecule has 2 N–H and O–H groups in total. The van der Waals surface area contributed by atoms with Crippen molar-refractivity contribution in [2.45, 2.75) is 44.9 Å². The summed E-state index contributed by atoms with van der Waals surface area (Å²) in [5, 5.41) is 6.95. The van der Waals surface area contributed by atoms with Crippen LogP contribution in [-0.2, 0) is 5.41 Å². The molecule has 2 fully saturated rings. The van der Waals surface area contributed by atoms with E-state index in [-0.39, 0.29) is 29.4 Å². The van der Waals surface area contributed by atoms with E-state index in [2.05, 4.69) is 64.6 Å². The van der Waals surface area contributed by atoms with E-state index in [1.807, 2.05) is 0 Å². The Morgan fingerprint density at radius 3 is 2.28 bits per heavy atom. The maximum atomic E-state index is 4.91. The van der Waals surface area contributed by atoms with Crippen LogP contribution in [0, 0.1) is 0 Å². The molecular formula is C23H40IN5. The van der Waals surface area contributed by atoms with Gasteiger partial charge in [0.1, 0.15) is 0 Å². The first kappa shape index (κ1) is 24.4. The zero-order chi connectivity index (χ0) is 19.7. The molecule has 1 saturated heterocycles. The number of hydrogen-bond acceptors (Lipinski definition) is 3. The Kier molecular flexibility index (Phi) is 10.7. The molecule has 0 radical (unpaired) electrons. The van der Waals surface area contributed by atoms with Crippen molar-refractivity contribution in [3.63, 3.8) is 0 Å². The predicted octanol–water partition coefficient (Wildman–Crippen LogP) is 3.31. The summed E-state index contributed by atoms with van der Waals surface area (Å²) < 4.78 is 0. The minimum atomic E-state index is 0. The van der Waals surface area contributed by atoms with E-state index < -0.39 is 0 Å². The monoisotopic (exact) mass is 513 g/mol. The molecule has 2 aliphatic rings. The Morgan fingerprint density at radius 1 is 0.966 bits per heavy atom. The van der Waals surface area contributed by atoms with Crippen molar-refractivity contribution in [1.29, 1.82) is 0 Å². The number of nitrogens with one attached hydrogen (secondary N) is 2. The molecule has 1 aliphatic carbocycles. The highest BCUT2D eigenvalue weighted by Gasteiger charge is 2.43. The highest BCUT2D eigenvalue weighted by Crippen LogP contribution is 2.48. The van der Waals surface area contributed by atoms with Crippen molar-refractivity contribution in [2.75, 3.05) is 58.9 Å². The maximum Gasteiger partial charge on any atom is 0.191 e. The van der Waals surface area contributed by atoms with Crippen LogP contribution >= 0.6 is 24.0 Å². The van der Waals surface area contributed by atoms with Gasteiger partial charge < -0.3 is 20.4 Å². The van der Waals surface area contributed by atoms with Gasteiger partial charge >= 0.3 is 0 Å². The molecule has 1 aliphatic heterocycles. The van der Waals surface area contributed by atoms with Gasteiger partial charge in [0.2, 0.25) is 0 Å². The van der Waals surface area contributed by atoms with E-state index in [1.54, 1.807) is 0 Å². The van der Waals surface area contributed by atoms with Crippen LogP contribution in [0.5, 0.6) is 0 Å². The summed E-state index contributed by atoms with van der Waals surface area (Å²) in [7, 11) is 0. The molecule has 1 aromatic carbocycles. The Bertz CT molecular complexity index is 595. The molecule has 0 amide bonds. The van der Waals surface area contributed by atoms with Crippen LogP contribution in [0.25, 0.3) is 0 Å². The van der Waals surface area contributed by atoms with Crippen molar-refractivity contribution >= 4 is 29.9 Å². The lowest BCUT2D eigenvalue weighted by Gasteiger charge is -2.34. The van der Waals surface area contributed by atoms with E-state index in [0.29, 0.717) is 0 Å². The van der Waals surface area contributed by atoms with E-state index in [4.69, 9.17) is 4.99 Å². The van der Waals surface area contributed by atoms with Gasteiger partial charge in [0.15, 0.2) is 5.96 Å². The normalized spacial score (nSPS) is 19.4. The lowest BCUT2D eigenvalue weighted by atomic mass is 9.96. The van der Waals surface area contributed by atoms with E-state index in [9.17, 15) is 0 Å². The summed E-state index contributed by atoms with van der Waals surface area (Å²) in [5.41, 5.74) is 1.72. The van der Waals surface area contributed by atoms with Crippen molar-refractivity contribution in [3.8, 4) is 0 Å². The van der Waals surface area contributed by atoms with Crippen LogP contribution in [0.2, 0.25) is 0 Å². The molecule has 0 unspecified atom stereocenters. The molecule has 0 bridgehead atoms. The van der Waals surface area contributed by atoms with E-state index in [0.717, 1.165) is 25.6 Å². The number of piperazine rings is 1. The third kappa shape index (κ3) is 7.72. The summed E-state index contributed by atoms with van der Waals surface area (Å²) in [6, 6.07) is 10.9. The summed E-state index contributed by atoms with van der Waals surface area (Å²) in [6.07, 6.45) is 4.96. The van der Waals surface area contributed by atoms with Gasteiger partial charge in [0.05, 0.1) is 6.54 Å². The van der Waals surface area contributed by atoms with Crippen molar-refractivity contribution < 1.29 is 0 Å². The largest absolute Gasteiger partial charge is 0.357 e. The predicted molar refractivity (Wildman–Crippen MR) is 135 cm³/mol. The molecule has 6 heteroatoms. The maximum absolute atomic E-state index is 4.91. The highest BCUT2D eigenvalue weighted by atomic mass is 127. The van der Waals surface area contributed by atoms with Gasteiger partial charge in [0.25, 0.3) is 0 Å². The molecular weight excluding hydrogens is 473 g/mol. The molecule has 0 atom stereocenters.